The normalized spacial score (nSPS) is 26.7. The van der Waals surface area contributed by atoms with Crippen LogP contribution in [0.4, 0.5) is 14.5 Å². The van der Waals surface area contributed by atoms with Crippen molar-refractivity contribution in [1.82, 2.24) is 10.6 Å². The van der Waals surface area contributed by atoms with Crippen molar-refractivity contribution in [3.8, 4) is 0 Å². The highest BCUT2D eigenvalue weighted by Crippen LogP contribution is 2.57. The molecule has 2 amide bonds. The van der Waals surface area contributed by atoms with E-state index in [0.29, 0.717) is 37.7 Å². The van der Waals surface area contributed by atoms with Gasteiger partial charge in [-0.2, -0.15) is 0 Å². The molecule has 2 aromatic carbocycles. The zero-order chi connectivity index (χ0) is 28.8. The summed E-state index contributed by atoms with van der Waals surface area (Å²) in [6.07, 6.45) is 3.13. The number of carbonyl (C=O) groups excluding carboxylic acids is 2. The van der Waals surface area contributed by atoms with Gasteiger partial charge in [-0.3, -0.25) is 9.59 Å². The Kier molecular flexibility index (Phi) is 8.18. The molecule has 40 heavy (non-hydrogen) atoms. The molecule has 3 heterocycles. The van der Waals surface area contributed by atoms with E-state index in [2.05, 4.69) is 16.0 Å². The minimum absolute atomic E-state index is 0.0359. The largest absolute Gasteiger partial charge is 0.381 e. The SMILES string of the molecule is CC(C)(C)C[C@H]1N[C@@H](C(=O)NCCC2CCOCC2)[C@H](c2cccc(Cl)c2F)[C@@]12C(=O)Nc1c2ccc(Cl)c1F. The van der Waals surface area contributed by atoms with Gasteiger partial charge in [0.05, 0.1) is 21.8 Å². The van der Waals surface area contributed by atoms with Crippen LogP contribution in [0.25, 0.3) is 0 Å². The van der Waals surface area contributed by atoms with Crippen molar-refractivity contribution in [2.45, 2.75) is 69.9 Å². The average molecular weight is 595 g/mol. The number of nitrogens with one attached hydrogen (secondary N) is 3. The van der Waals surface area contributed by atoms with E-state index in [1.165, 1.54) is 12.1 Å². The van der Waals surface area contributed by atoms with Crippen LogP contribution < -0.4 is 16.0 Å². The summed E-state index contributed by atoms with van der Waals surface area (Å²) < 4.78 is 36.5. The first kappa shape index (κ1) is 29.2. The van der Waals surface area contributed by atoms with E-state index in [9.17, 15) is 9.59 Å². The van der Waals surface area contributed by atoms with E-state index in [1.807, 2.05) is 20.8 Å². The van der Waals surface area contributed by atoms with Crippen LogP contribution in [0.5, 0.6) is 0 Å². The van der Waals surface area contributed by atoms with Gasteiger partial charge in [-0.1, -0.05) is 62.2 Å². The van der Waals surface area contributed by atoms with Gasteiger partial charge in [0.25, 0.3) is 0 Å². The van der Waals surface area contributed by atoms with E-state index in [4.69, 9.17) is 27.9 Å². The number of rotatable bonds is 6. The summed E-state index contributed by atoms with van der Waals surface area (Å²) in [6.45, 7) is 7.94. The Morgan fingerprint density at radius 2 is 1.80 bits per heavy atom. The van der Waals surface area contributed by atoms with Crippen LogP contribution in [-0.4, -0.2) is 43.7 Å². The Morgan fingerprint density at radius 1 is 1.10 bits per heavy atom. The van der Waals surface area contributed by atoms with Crippen LogP contribution in [0.15, 0.2) is 30.3 Å². The fourth-order valence-corrected chi connectivity index (χ4v) is 7.06. The highest BCUT2D eigenvalue weighted by atomic mass is 35.5. The molecule has 0 radical (unpaired) electrons. The topological polar surface area (TPSA) is 79.5 Å². The summed E-state index contributed by atoms with van der Waals surface area (Å²) in [5, 5.41) is 8.88. The summed E-state index contributed by atoms with van der Waals surface area (Å²) in [5.41, 5.74) is -1.35. The number of amides is 2. The number of halogens is 4. The van der Waals surface area contributed by atoms with Gasteiger partial charge < -0.3 is 20.7 Å². The summed E-state index contributed by atoms with van der Waals surface area (Å²) in [5.74, 6) is -2.87. The van der Waals surface area contributed by atoms with Gasteiger partial charge in [0.15, 0.2) is 5.82 Å². The number of carbonyl (C=O) groups is 2. The average Bonchev–Trinajstić information content (AvgIpc) is 3.38. The molecular formula is C30H35Cl2F2N3O3. The zero-order valence-electron chi connectivity index (χ0n) is 22.9. The van der Waals surface area contributed by atoms with E-state index < -0.39 is 41.0 Å². The van der Waals surface area contributed by atoms with E-state index >= 15 is 8.78 Å². The monoisotopic (exact) mass is 593 g/mol. The molecule has 0 saturated carbocycles. The van der Waals surface area contributed by atoms with Crippen molar-refractivity contribution < 1.29 is 23.1 Å². The fourth-order valence-electron chi connectivity index (χ4n) is 6.72. The molecule has 10 heteroatoms. The third kappa shape index (κ3) is 5.13. The van der Waals surface area contributed by atoms with Gasteiger partial charge in [0.2, 0.25) is 11.8 Å². The van der Waals surface area contributed by atoms with Crippen LogP contribution in [0.3, 0.4) is 0 Å². The van der Waals surface area contributed by atoms with Gasteiger partial charge >= 0.3 is 0 Å². The molecule has 1 spiro atoms. The molecule has 0 aromatic heterocycles. The molecule has 0 bridgehead atoms. The lowest BCUT2D eigenvalue weighted by molar-refractivity contribution is -0.124. The Bertz CT molecular complexity index is 1310. The number of benzene rings is 2. The first-order chi connectivity index (χ1) is 18.9. The van der Waals surface area contributed by atoms with Crippen molar-refractivity contribution >= 4 is 40.7 Å². The van der Waals surface area contributed by atoms with Crippen LogP contribution in [0.1, 0.15) is 63.5 Å². The Hall–Kier alpha value is -2.26. The second-order valence-corrected chi connectivity index (χ2v) is 13.1. The maximum atomic E-state index is 15.8. The minimum atomic E-state index is -1.50. The van der Waals surface area contributed by atoms with Crippen molar-refractivity contribution in [1.29, 1.82) is 0 Å². The highest BCUT2D eigenvalue weighted by Gasteiger charge is 2.66. The first-order valence-corrected chi connectivity index (χ1v) is 14.6. The maximum Gasteiger partial charge on any atom is 0.237 e. The lowest BCUT2D eigenvalue weighted by Crippen LogP contribution is -2.49. The van der Waals surface area contributed by atoms with Gasteiger partial charge in [0, 0.05) is 31.7 Å². The van der Waals surface area contributed by atoms with E-state index in [-0.39, 0.29) is 32.6 Å². The molecule has 3 aliphatic rings. The molecule has 0 aliphatic carbocycles. The van der Waals surface area contributed by atoms with Gasteiger partial charge in [-0.25, -0.2) is 8.78 Å². The second-order valence-electron chi connectivity index (χ2n) is 12.3. The molecule has 0 unspecified atom stereocenters. The van der Waals surface area contributed by atoms with Gasteiger partial charge in [0.1, 0.15) is 11.2 Å². The molecule has 2 saturated heterocycles. The molecule has 2 aromatic rings. The second kappa shape index (κ2) is 11.2. The smallest absolute Gasteiger partial charge is 0.237 e. The number of ether oxygens (including phenoxy) is 1. The first-order valence-electron chi connectivity index (χ1n) is 13.8. The summed E-state index contributed by atoms with van der Waals surface area (Å²) in [4.78, 5) is 28.0. The van der Waals surface area contributed by atoms with E-state index in [0.717, 1.165) is 19.3 Å². The fraction of sp³-hybridized carbons (Fsp3) is 0.533. The summed E-state index contributed by atoms with van der Waals surface area (Å²) in [6, 6.07) is 5.98. The standard InChI is InChI=1S/C30H35Cl2F2N3O3/c1-29(2,3)15-21-30(18-7-8-20(32)24(34)25(18)37-28(30)39)22(17-5-4-6-19(31)23(17)33)26(36-21)27(38)35-12-9-16-10-13-40-14-11-16/h4-8,16,21-22,26,36H,9-15H2,1-3H3,(H,35,38)(H,37,39)/t21-,22+,26-,30+/m1/s1. The van der Waals surface area contributed by atoms with Crippen molar-refractivity contribution in [2.24, 2.45) is 11.3 Å². The van der Waals surface area contributed by atoms with Gasteiger partial charge in [-0.15, -0.1) is 0 Å². The number of hydrogen-bond acceptors (Lipinski definition) is 4. The van der Waals surface area contributed by atoms with E-state index in [1.54, 1.807) is 18.2 Å². The van der Waals surface area contributed by atoms with Crippen LogP contribution in [-0.2, 0) is 19.7 Å². The third-order valence-electron chi connectivity index (χ3n) is 8.52. The minimum Gasteiger partial charge on any atom is -0.381 e. The zero-order valence-corrected chi connectivity index (χ0v) is 24.4. The lowest BCUT2D eigenvalue weighted by atomic mass is 9.62. The molecule has 2 fully saturated rings. The summed E-state index contributed by atoms with van der Waals surface area (Å²) >= 11 is 12.3. The van der Waals surface area contributed by atoms with Crippen LogP contribution in [0, 0.1) is 23.0 Å². The molecule has 3 aliphatic heterocycles. The highest BCUT2D eigenvalue weighted by molar-refractivity contribution is 6.31. The third-order valence-corrected chi connectivity index (χ3v) is 9.10. The van der Waals surface area contributed by atoms with Crippen LogP contribution >= 0.6 is 23.2 Å². The number of fused-ring (bicyclic) bond motifs is 2. The van der Waals surface area contributed by atoms with Crippen molar-refractivity contribution in [2.75, 3.05) is 25.1 Å². The van der Waals surface area contributed by atoms with Crippen molar-refractivity contribution in [3.63, 3.8) is 0 Å². The molecular weight excluding hydrogens is 559 g/mol. The molecule has 6 nitrogen and oxygen atoms in total. The molecule has 4 atom stereocenters. The molecule has 216 valence electrons. The van der Waals surface area contributed by atoms with Gasteiger partial charge in [-0.05, 0) is 60.3 Å². The number of anilines is 1. The molecule has 3 N–H and O–H groups in total. The quantitative estimate of drug-likeness (QED) is 0.386. The lowest BCUT2D eigenvalue weighted by Gasteiger charge is -2.37. The Morgan fingerprint density at radius 3 is 2.50 bits per heavy atom. The number of hydrogen-bond donors (Lipinski definition) is 3. The molecule has 5 rings (SSSR count). The maximum absolute atomic E-state index is 15.8. The van der Waals surface area contributed by atoms with Crippen LogP contribution in [0.2, 0.25) is 10.0 Å². The van der Waals surface area contributed by atoms with Crippen molar-refractivity contribution in [3.05, 3.63) is 63.1 Å². The Labute approximate surface area is 243 Å². The predicted molar refractivity (Wildman–Crippen MR) is 152 cm³/mol. The summed E-state index contributed by atoms with van der Waals surface area (Å²) in [7, 11) is 0. The predicted octanol–water partition coefficient (Wildman–Crippen LogP) is 5.95. The Balaban J connectivity index is 1.61.